The van der Waals surface area contributed by atoms with Crippen LogP contribution in [0.4, 0.5) is 0 Å². The zero-order valence-corrected chi connectivity index (χ0v) is 9.45. The SMILES string of the molecule is CCC(=O)Oc1cc2oc1CC21COC(=O)C1. The summed E-state index contributed by atoms with van der Waals surface area (Å²) < 4.78 is 15.7. The van der Waals surface area contributed by atoms with Crippen molar-refractivity contribution in [3.8, 4) is 5.75 Å². The normalized spacial score (nSPS) is 25.4. The lowest BCUT2D eigenvalue weighted by molar-refractivity contribution is -0.138. The van der Waals surface area contributed by atoms with E-state index in [2.05, 4.69) is 0 Å². The van der Waals surface area contributed by atoms with Gasteiger partial charge in [-0.3, -0.25) is 9.59 Å². The van der Waals surface area contributed by atoms with Crippen molar-refractivity contribution in [1.29, 1.82) is 0 Å². The van der Waals surface area contributed by atoms with Crippen LogP contribution in [-0.4, -0.2) is 18.5 Å². The molecule has 2 aliphatic rings. The summed E-state index contributed by atoms with van der Waals surface area (Å²) >= 11 is 0. The lowest BCUT2D eigenvalue weighted by Crippen LogP contribution is -2.27. The quantitative estimate of drug-likeness (QED) is 0.725. The Morgan fingerprint density at radius 2 is 2.35 bits per heavy atom. The average molecular weight is 236 g/mol. The van der Waals surface area contributed by atoms with E-state index in [4.69, 9.17) is 13.9 Å². The molecule has 1 spiro atoms. The fourth-order valence-electron chi connectivity index (χ4n) is 2.34. The topological polar surface area (TPSA) is 65.7 Å². The number of ether oxygens (including phenoxy) is 2. The van der Waals surface area contributed by atoms with Gasteiger partial charge in [-0.1, -0.05) is 6.92 Å². The zero-order chi connectivity index (χ0) is 12.0. The van der Waals surface area contributed by atoms with E-state index in [9.17, 15) is 9.59 Å². The predicted molar refractivity (Wildman–Crippen MR) is 55.6 cm³/mol. The minimum atomic E-state index is -0.339. The first-order valence-electron chi connectivity index (χ1n) is 5.62. The Labute approximate surface area is 97.7 Å². The molecule has 0 amide bonds. The number of cyclic esters (lactones) is 1. The molecule has 1 saturated heterocycles. The number of carbonyl (C=O) groups excluding carboxylic acids is 2. The van der Waals surface area contributed by atoms with Crippen molar-refractivity contribution in [3.63, 3.8) is 0 Å². The minimum Gasteiger partial charge on any atom is -0.465 e. The Morgan fingerprint density at radius 3 is 2.88 bits per heavy atom. The van der Waals surface area contributed by atoms with E-state index in [1.165, 1.54) is 0 Å². The van der Waals surface area contributed by atoms with Crippen LogP contribution in [0.25, 0.3) is 0 Å². The summed E-state index contributed by atoms with van der Waals surface area (Å²) in [5, 5.41) is 0. The van der Waals surface area contributed by atoms with Gasteiger partial charge in [0.25, 0.3) is 0 Å². The first kappa shape index (κ1) is 10.4. The Kier molecular flexibility index (Phi) is 2.05. The third-order valence-electron chi connectivity index (χ3n) is 3.30. The molecule has 0 radical (unpaired) electrons. The van der Waals surface area contributed by atoms with Crippen molar-refractivity contribution in [2.24, 2.45) is 0 Å². The van der Waals surface area contributed by atoms with Crippen molar-refractivity contribution in [2.45, 2.75) is 31.6 Å². The second kappa shape index (κ2) is 3.35. The van der Waals surface area contributed by atoms with Gasteiger partial charge < -0.3 is 13.9 Å². The molecule has 1 aromatic rings. The zero-order valence-electron chi connectivity index (χ0n) is 9.45. The fraction of sp³-hybridized carbons (Fsp3) is 0.500. The first-order valence-corrected chi connectivity index (χ1v) is 5.62. The molecule has 2 bridgehead atoms. The van der Waals surface area contributed by atoms with E-state index in [1.54, 1.807) is 13.0 Å². The number of esters is 2. The smallest absolute Gasteiger partial charge is 0.311 e. The third kappa shape index (κ3) is 1.45. The predicted octanol–water partition coefficient (Wildman–Crippen LogP) is 1.34. The molecular formula is C12H12O5. The monoisotopic (exact) mass is 236 g/mol. The van der Waals surface area contributed by atoms with Crippen LogP contribution in [-0.2, 0) is 26.2 Å². The molecule has 3 rings (SSSR count). The van der Waals surface area contributed by atoms with E-state index >= 15 is 0 Å². The number of carbonyl (C=O) groups is 2. The van der Waals surface area contributed by atoms with Crippen molar-refractivity contribution in [2.75, 3.05) is 6.61 Å². The number of hydrogen-bond donors (Lipinski definition) is 0. The van der Waals surface area contributed by atoms with E-state index in [1.807, 2.05) is 0 Å². The van der Waals surface area contributed by atoms with Gasteiger partial charge in [-0.2, -0.15) is 0 Å². The van der Waals surface area contributed by atoms with Gasteiger partial charge in [-0.05, 0) is 0 Å². The van der Waals surface area contributed by atoms with Gasteiger partial charge in [0, 0.05) is 18.9 Å². The maximum absolute atomic E-state index is 11.2. The molecule has 0 aliphatic carbocycles. The van der Waals surface area contributed by atoms with Gasteiger partial charge >= 0.3 is 11.9 Å². The van der Waals surface area contributed by atoms with Crippen molar-refractivity contribution in [3.05, 3.63) is 17.6 Å². The molecule has 5 nitrogen and oxygen atoms in total. The molecule has 3 heterocycles. The van der Waals surface area contributed by atoms with Crippen LogP contribution >= 0.6 is 0 Å². The molecular weight excluding hydrogens is 224 g/mol. The summed E-state index contributed by atoms with van der Waals surface area (Å²) in [5.74, 6) is 1.33. The van der Waals surface area contributed by atoms with Crippen LogP contribution < -0.4 is 4.74 Å². The Balaban J connectivity index is 1.84. The van der Waals surface area contributed by atoms with Crippen LogP contribution in [0.3, 0.4) is 0 Å². The lowest BCUT2D eigenvalue weighted by atomic mass is 9.79. The molecule has 0 saturated carbocycles. The maximum Gasteiger partial charge on any atom is 0.311 e. The highest BCUT2D eigenvalue weighted by molar-refractivity contribution is 5.75. The van der Waals surface area contributed by atoms with Gasteiger partial charge in [-0.15, -0.1) is 0 Å². The Morgan fingerprint density at radius 1 is 1.53 bits per heavy atom. The molecule has 5 heteroatoms. The highest BCUT2D eigenvalue weighted by Crippen LogP contribution is 2.48. The van der Waals surface area contributed by atoms with Crippen molar-refractivity contribution >= 4 is 11.9 Å². The molecule has 1 atom stereocenters. The molecule has 90 valence electrons. The van der Waals surface area contributed by atoms with Crippen LogP contribution in [0.5, 0.6) is 5.75 Å². The summed E-state index contributed by atoms with van der Waals surface area (Å²) in [7, 11) is 0. The second-order valence-corrected chi connectivity index (χ2v) is 4.52. The van der Waals surface area contributed by atoms with E-state index < -0.39 is 0 Å². The fourth-order valence-corrected chi connectivity index (χ4v) is 2.34. The molecule has 1 aromatic heterocycles. The highest BCUT2D eigenvalue weighted by Gasteiger charge is 2.50. The molecule has 2 aliphatic heterocycles. The highest BCUT2D eigenvalue weighted by atomic mass is 16.6. The molecule has 17 heavy (non-hydrogen) atoms. The standard InChI is InChI=1S/C12H12O5/c1-2-10(13)17-7-3-9-12(4-8(7)16-9)5-11(14)15-6-12/h3H,2,4-6H2,1H3. The van der Waals surface area contributed by atoms with Crippen LogP contribution in [0.2, 0.25) is 0 Å². The number of hydrogen-bond acceptors (Lipinski definition) is 5. The van der Waals surface area contributed by atoms with Gasteiger partial charge in [-0.25, -0.2) is 0 Å². The minimum absolute atomic E-state index is 0.199. The Bertz CT molecular complexity index is 501. The maximum atomic E-state index is 11.2. The first-order chi connectivity index (χ1) is 8.13. The van der Waals surface area contributed by atoms with Crippen LogP contribution in [0.1, 0.15) is 31.3 Å². The van der Waals surface area contributed by atoms with E-state index in [0.717, 1.165) is 0 Å². The van der Waals surface area contributed by atoms with Gasteiger partial charge in [0.2, 0.25) is 0 Å². The lowest BCUT2D eigenvalue weighted by Gasteiger charge is -2.18. The number of rotatable bonds is 2. The molecule has 1 unspecified atom stereocenters. The summed E-state index contributed by atoms with van der Waals surface area (Å²) in [6.07, 6.45) is 1.25. The summed E-state index contributed by atoms with van der Waals surface area (Å²) in [5.41, 5.74) is -0.339. The van der Waals surface area contributed by atoms with Crippen molar-refractivity contribution < 1.29 is 23.5 Å². The van der Waals surface area contributed by atoms with Gasteiger partial charge in [0.05, 0.1) is 11.8 Å². The molecule has 0 aromatic carbocycles. The van der Waals surface area contributed by atoms with Crippen molar-refractivity contribution in [1.82, 2.24) is 0 Å². The van der Waals surface area contributed by atoms with Gasteiger partial charge in [0.15, 0.2) is 5.75 Å². The number of furan rings is 1. The summed E-state index contributed by atoms with van der Waals surface area (Å²) in [6.45, 7) is 2.09. The molecule has 1 fully saturated rings. The molecule has 0 N–H and O–H groups in total. The van der Waals surface area contributed by atoms with Crippen LogP contribution in [0, 0.1) is 0 Å². The van der Waals surface area contributed by atoms with E-state index in [0.29, 0.717) is 43.1 Å². The average Bonchev–Trinajstić information content (AvgIpc) is 2.94. The van der Waals surface area contributed by atoms with E-state index in [-0.39, 0.29) is 17.4 Å². The largest absolute Gasteiger partial charge is 0.465 e. The Hall–Kier alpha value is -1.78. The second-order valence-electron chi connectivity index (χ2n) is 4.52. The summed E-state index contributed by atoms with van der Waals surface area (Å²) in [6, 6.07) is 1.70. The van der Waals surface area contributed by atoms with Gasteiger partial charge in [0.1, 0.15) is 18.1 Å². The third-order valence-corrected chi connectivity index (χ3v) is 3.30. The van der Waals surface area contributed by atoms with Crippen LogP contribution in [0.15, 0.2) is 10.5 Å². The number of fused-ring (bicyclic) bond motifs is 3. The summed E-state index contributed by atoms with van der Waals surface area (Å²) in [4.78, 5) is 22.4.